The van der Waals surface area contributed by atoms with Gasteiger partial charge in [0, 0.05) is 5.56 Å². The van der Waals surface area contributed by atoms with Crippen molar-refractivity contribution in [2.45, 2.75) is 25.2 Å². The van der Waals surface area contributed by atoms with Crippen molar-refractivity contribution in [3.05, 3.63) is 66.6 Å². The first kappa shape index (κ1) is 15.3. The topological polar surface area (TPSA) is 103 Å². The summed E-state index contributed by atoms with van der Waals surface area (Å²) in [5.74, 6) is -0.893. The second kappa shape index (κ2) is 5.88. The number of Topliss-reactive ketones (excluding diaryl/α,β-unsaturated/α-hetero) is 1. The lowest BCUT2D eigenvalue weighted by Gasteiger charge is -2.11. The first-order valence-electron chi connectivity index (χ1n) is 7.03. The number of hydrogen-bond acceptors (Lipinski definition) is 6. The van der Waals surface area contributed by atoms with Gasteiger partial charge in [-0.1, -0.05) is 35.6 Å². The van der Waals surface area contributed by atoms with Crippen LogP contribution in [0.25, 0.3) is 0 Å². The molecule has 1 aliphatic rings. The average molecular weight is 332 g/mol. The predicted octanol–water partition coefficient (Wildman–Crippen LogP) is 3.87. The standard InChI is InChI=1S/C15H12N2O5S/c18-14-10-6-2-1-4-9(10)5-3-7-11(14)15-12(16(19)20)8-13(23-15)17(21)22/h1-2,4,6,8,11H,3,5,7H2/t11-/m0/s1. The number of rotatable bonds is 3. The van der Waals surface area contributed by atoms with Gasteiger partial charge in [0.1, 0.15) is 6.07 Å². The lowest BCUT2D eigenvalue weighted by molar-refractivity contribution is -0.390. The second-order valence-corrected chi connectivity index (χ2v) is 6.38. The van der Waals surface area contributed by atoms with Crippen molar-refractivity contribution in [1.29, 1.82) is 0 Å². The molecule has 118 valence electrons. The SMILES string of the molecule is O=C1c2ccccc2CCC[C@@H]1c1sc([N+](=O)[O-])cc1[N+](=O)[O-]. The van der Waals surface area contributed by atoms with Gasteiger partial charge in [-0.15, -0.1) is 0 Å². The number of aryl methyl sites for hydroxylation is 1. The number of ketones is 1. The summed E-state index contributed by atoms with van der Waals surface area (Å²) in [6, 6.07) is 8.14. The molecular weight excluding hydrogens is 320 g/mol. The highest BCUT2D eigenvalue weighted by molar-refractivity contribution is 7.16. The van der Waals surface area contributed by atoms with Gasteiger partial charge >= 0.3 is 5.00 Å². The Kier molecular flexibility index (Phi) is 3.91. The summed E-state index contributed by atoms with van der Waals surface area (Å²) >= 11 is 0.729. The van der Waals surface area contributed by atoms with Gasteiger partial charge in [-0.2, -0.15) is 0 Å². The number of carbonyl (C=O) groups is 1. The molecule has 0 fully saturated rings. The molecule has 23 heavy (non-hydrogen) atoms. The monoisotopic (exact) mass is 332 g/mol. The van der Waals surface area contributed by atoms with Gasteiger partial charge in [-0.05, 0) is 24.8 Å². The van der Waals surface area contributed by atoms with E-state index in [1.807, 2.05) is 12.1 Å². The number of benzene rings is 1. The molecule has 0 bridgehead atoms. The van der Waals surface area contributed by atoms with E-state index in [1.165, 1.54) is 0 Å². The molecule has 1 heterocycles. The van der Waals surface area contributed by atoms with Crippen LogP contribution in [0.1, 0.15) is 39.6 Å². The molecule has 0 N–H and O–H groups in total. The third-order valence-electron chi connectivity index (χ3n) is 3.96. The van der Waals surface area contributed by atoms with Crippen molar-refractivity contribution >= 4 is 27.8 Å². The van der Waals surface area contributed by atoms with Gasteiger partial charge in [0.25, 0.3) is 5.69 Å². The van der Waals surface area contributed by atoms with Gasteiger partial charge in [-0.25, -0.2) is 0 Å². The maximum absolute atomic E-state index is 12.8. The van der Waals surface area contributed by atoms with E-state index in [1.54, 1.807) is 12.1 Å². The predicted molar refractivity (Wildman–Crippen MR) is 84.1 cm³/mol. The molecule has 8 heteroatoms. The zero-order valence-corrected chi connectivity index (χ0v) is 12.7. The van der Waals surface area contributed by atoms with Crippen LogP contribution in [-0.4, -0.2) is 15.6 Å². The first-order valence-corrected chi connectivity index (χ1v) is 7.85. The van der Waals surface area contributed by atoms with Crippen molar-refractivity contribution in [3.8, 4) is 0 Å². The molecule has 3 rings (SSSR count). The molecule has 1 aromatic carbocycles. The fourth-order valence-corrected chi connectivity index (χ4v) is 3.98. The molecule has 0 spiro atoms. The largest absolute Gasteiger partial charge is 0.331 e. The molecule has 0 radical (unpaired) electrons. The average Bonchev–Trinajstić information content (AvgIpc) is 2.90. The smallest absolute Gasteiger partial charge is 0.293 e. The van der Waals surface area contributed by atoms with Gasteiger partial charge in [0.2, 0.25) is 0 Å². The number of thiophene rings is 1. The normalized spacial score (nSPS) is 17.4. The lowest BCUT2D eigenvalue weighted by atomic mass is 9.93. The van der Waals surface area contributed by atoms with Crippen LogP contribution in [0.15, 0.2) is 30.3 Å². The molecule has 0 unspecified atom stereocenters. The van der Waals surface area contributed by atoms with Crippen LogP contribution in [0.3, 0.4) is 0 Å². The van der Waals surface area contributed by atoms with Crippen molar-refractivity contribution < 1.29 is 14.6 Å². The molecule has 0 aliphatic heterocycles. The minimum atomic E-state index is -0.697. The molecule has 1 aromatic heterocycles. The Morgan fingerprint density at radius 3 is 2.57 bits per heavy atom. The third-order valence-corrected chi connectivity index (χ3v) is 5.15. The number of nitrogens with zero attached hydrogens (tertiary/aromatic N) is 2. The quantitative estimate of drug-likeness (QED) is 0.482. The molecule has 0 saturated heterocycles. The van der Waals surface area contributed by atoms with Crippen LogP contribution in [0.4, 0.5) is 10.7 Å². The first-order chi connectivity index (χ1) is 11.0. The van der Waals surface area contributed by atoms with E-state index in [9.17, 15) is 25.0 Å². The maximum Gasteiger partial charge on any atom is 0.331 e. The Hall–Kier alpha value is -2.61. The van der Waals surface area contributed by atoms with E-state index < -0.39 is 15.8 Å². The lowest BCUT2D eigenvalue weighted by Crippen LogP contribution is -2.12. The fraction of sp³-hybridized carbons (Fsp3) is 0.267. The summed E-state index contributed by atoms with van der Waals surface area (Å²) in [4.78, 5) is 33.8. The Morgan fingerprint density at radius 2 is 1.87 bits per heavy atom. The second-order valence-electron chi connectivity index (χ2n) is 5.31. The molecule has 1 aliphatic carbocycles. The summed E-state index contributed by atoms with van der Waals surface area (Å²) in [7, 11) is 0. The molecule has 0 saturated carbocycles. The zero-order valence-electron chi connectivity index (χ0n) is 11.9. The Morgan fingerprint density at radius 1 is 1.13 bits per heavy atom. The summed E-state index contributed by atoms with van der Waals surface area (Å²) in [5.41, 5.74) is 1.15. The van der Waals surface area contributed by atoms with Gasteiger partial charge in [0.15, 0.2) is 5.78 Å². The highest BCUT2D eigenvalue weighted by Crippen LogP contribution is 2.43. The van der Waals surface area contributed by atoms with Crippen LogP contribution >= 0.6 is 11.3 Å². The van der Waals surface area contributed by atoms with Crippen LogP contribution < -0.4 is 0 Å². The summed E-state index contributed by atoms with van der Waals surface area (Å²) < 4.78 is 0. The van der Waals surface area contributed by atoms with Crippen LogP contribution in [0.2, 0.25) is 0 Å². The van der Waals surface area contributed by atoms with E-state index in [-0.39, 0.29) is 21.3 Å². The van der Waals surface area contributed by atoms with E-state index in [4.69, 9.17) is 0 Å². The Balaban J connectivity index is 2.10. The van der Waals surface area contributed by atoms with Gasteiger partial charge in [-0.3, -0.25) is 25.0 Å². The molecule has 1 atom stereocenters. The summed E-state index contributed by atoms with van der Waals surface area (Å²) in [6.45, 7) is 0. The number of nitro groups is 2. The Bertz CT molecular complexity index is 814. The number of fused-ring (bicyclic) bond motifs is 1. The Labute approximate surface area is 134 Å². The van der Waals surface area contributed by atoms with Crippen molar-refractivity contribution in [2.75, 3.05) is 0 Å². The minimum absolute atomic E-state index is 0.184. The van der Waals surface area contributed by atoms with E-state index in [0.717, 1.165) is 29.4 Å². The third kappa shape index (κ3) is 2.72. The maximum atomic E-state index is 12.8. The van der Waals surface area contributed by atoms with Crippen LogP contribution in [0, 0.1) is 20.2 Å². The van der Waals surface area contributed by atoms with Crippen molar-refractivity contribution in [2.24, 2.45) is 0 Å². The van der Waals surface area contributed by atoms with Crippen molar-refractivity contribution in [1.82, 2.24) is 0 Å². The van der Waals surface area contributed by atoms with E-state index >= 15 is 0 Å². The van der Waals surface area contributed by atoms with E-state index in [2.05, 4.69) is 0 Å². The zero-order chi connectivity index (χ0) is 16.6. The van der Waals surface area contributed by atoms with Gasteiger partial charge < -0.3 is 0 Å². The van der Waals surface area contributed by atoms with E-state index in [0.29, 0.717) is 18.4 Å². The highest BCUT2D eigenvalue weighted by atomic mass is 32.1. The molecule has 2 aromatic rings. The molecular formula is C15H12N2O5S. The van der Waals surface area contributed by atoms with Crippen molar-refractivity contribution in [3.63, 3.8) is 0 Å². The summed E-state index contributed by atoms with van der Waals surface area (Å²) in [6.07, 6.45) is 1.88. The number of hydrogen-bond donors (Lipinski definition) is 0. The number of carbonyl (C=O) groups excluding carboxylic acids is 1. The van der Waals surface area contributed by atoms with Gasteiger partial charge in [0.05, 0.1) is 20.6 Å². The molecule has 0 amide bonds. The van der Waals surface area contributed by atoms with Crippen LogP contribution in [0.5, 0.6) is 0 Å². The van der Waals surface area contributed by atoms with Crippen LogP contribution in [-0.2, 0) is 6.42 Å². The summed E-state index contributed by atoms with van der Waals surface area (Å²) in [5, 5.41) is 21.8. The fourth-order valence-electron chi connectivity index (χ4n) is 2.91. The molecule has 7 nitrogen and oxygen atoms in total. The minimum Gasteiger partial charge on any atom is -0.293 e. The highest BCUT2D eigenvalue weighted by Gasteiger charge is 2.36.